The summed E-state index contributed by atoms with van der Waals surface area (Å²) in [6.45, 7) is -0.252. The second-order valence-electron chi connectivity index (χ2n) is 7.78. The number of carbonyl (C=O) groups excluding carboxylic acids is 2. The highest BCUT2D eigenvalue weighted by Crippen LogP contribution is 2.39. The Morgan fingerprint density at radius 1 is 1.28 bits per heavy atom. The van der Waals surface area contributed by atoms with Gasteiger partial charge in [-0.2, -0.15) is 13.2 Å². The minimum absolute atomic E-state index is 0.170. The number of amides is 3. The van der Waals surface area contributed by atoms with Gasteiger partial charge < -0.3 is 20.6 Å². The molecular formula is C21H18ClF4N3O3. The lowest BCUT2D eigenvalue weighted by Gasteiger charge is -2.26. The van der Waals surface area contributed by atoms with Crippen LogP contribution in [0.5, 0.6) is 0 Å². The van der Waals surface area contributed by atoms with Gasteiger partial charge in [0.15, 0.2) is 0 Å². The molecule has 3 amide bonds. The van der Waals surface area contributed by atoms with Gasteiger partial charge in [-0.3, -0.25) is 4.79 Å². The monoisotopic (exact) mass is 471 g/mol. The third-order valence-corrected chi connectivity index (χ3v) is 5.89. The van der Waals surface area contributed by atoms with Crippen LogP contribution < -0.4 is 10.6 Å². The van der Waals surface area contributed by atoms with E-state index in [1.54, 1.807) is 0 Å². The van der Waals surface area contributed by atoms with E-state index in [1.165, 1.54) is 24.3 Å². The van der Waals surface area contributed by atoms with Crippen LogP contribution in [0.4, 0.5) is 28.0 Å². The highest BCUT2D eigenvalue weighted by Gasteiger charge is 2.42. The van der Waals surface area contributed by atoms with E-state index in [-0.39, 0.29) is 34.8 Å². The normalized spacial score (nSPS) is 22.6. The van der Waals surface area contributed by atoms with Gasteiger partial charge in [-0.1, -0.05) is 17.7 Å². The zero-order chi connectivity index (χ0) is 23.2. The molecule has 0 radical (unpaired) electrons. The maximum absolute atomic E-state index is 13.8. The molecule has 2 aromatic carbocycles. The Hall–Kier alpha value is -2.85. The van der Waals surface area contributed by atoms with Crippen molar-refractivity contribution < 1.29 is 32.3 Å². The Balaban J connectivity index is 1.66. The smallest absolute Gasteiger partial charge is 0.391 e. The van der Waals surface area contributed by atoms with E-state index in [2.05, 4.69) is 10.6 Å². The lowest BCUT2D eigenvalue weighted by atomic mass is 9.96. The quantitative estimate of drug-likeness (QED) is 0.586. The van der Waals surface area contributed by atoms with Gasteiger partial charge in [-0.05, 0) is 36.8 Å². The zero-order valence-electron chi connectivity index (χ0n) is 16.4. The molecule has 32 heavy (non-hydrogen) atoms. The number of aliphatic hydroxyl groups excluding tert-OH is 1. The van der Waals surface area contributed by atoms with Crippen molar-refractivity contribution in [3.63, 3.8) is 0 Å². The Morgan fingerprint density at radius 2 is 2.03 bits per heavy atom. The van der Waals surface area contributed by atoms with Crippen molar-refractivity contribution >= 4 is 29.2 Å². The number of rotatable bonds is 3. The van der Waals surface area contributed by atoms with Gasteiger partial charge >= 0.3 is 12.2 Å². The van der Waals surface area contributed by atoms with Gasteiger partial charge in [0.1, 0.15) is 5.82 Å². The van der Waals surface area contributed by atoms with E-state index in [9.17, 15) is 32.3 Å². The molecule has 1 saturated heterocycles. The summed E-state index contributed by atoms with van der Waals surface area (Å²) in [6.07, 6.45) is -7.01. The molecule has 2 aliphatic heterocycles. The van der Waals surface area contributed by atoms with Crippen molar-refractivity contribution in [1.29, 1.82) is 0 Å². The second-order valence-corrected chi connectivity index (χ2v) is 8.19. The number of halogens is 5. The maximum Gasteiger partial charge on any atom is 0.391 e. The van der Waals surface area contributed by atoms with Crippen LogP contribution in [0, 0.1) is 5.82 Å². The van der Waals surface area contributed by atoms with Crippen molar-refractivity contribution in [3.8, 4) is 0 Å². The summed E-state index contributed by atoms with van der Waals surface area (Å²) in [5.74, 6) is -1.04. The van der Waals surface area contributed by atoms with Gasteiger partial charge in [-0.15, -0.1) is 0 Å². The Morgan fingerprint density at radius 3 is 2.75 bits per heavy atom. The van der Waals surface area contributed by atoms with Crippen LogP contribution in [-0.4, -0.2) is 46.8 Å². The molecule has 4 rings (SSSR count). The number of anilines is 1. The van der Waals surface area contributed by atoms with Crippen molar-refractivity contribution in [2.75, 3.05) is 11.9 Å². The van der Waals surface area contributed by atoms with E-state index in [0.717, 1.165) is 17.0 Å². The third kappa shape index (κ3) is 4.37. The molecule has 6 nitrogen and oxygen atoms in total. The van der Waals surface area contributed by atoms with Crippen LogP contribution in [0.2, 0.25) is 5.02 Å². The van der Waals surface area contributed by atoms with E-state index >= 15 is 0 Å². The van der Waals surface area contributed by atoms with Crippen LogP contribution in [0.25, 0.3) is 0 Å². The zero-order valence-corrected chi connectivity index (χ0v) is 17.2. The summed E-state index contributed by atoms with van der Waals surface area (Å²) in [5, 5.41) is 15.3. The number of nitrogens with one attached hydrogen (secondary N) is 2. The molecule has 2 aromatic rings. The van der Waals surface area contributed by atoms with Gasteiger partial charge in [-0.25, -0.2) is 9.18 Å². The lowest BCUT2D eigenvalue weighted by molar-refractivity contribution is -0.143. The number of β-amino-alcohol motifs (C(OH)–C–C–N with tert-alkyl or cyclic N) is 1. The molecule has 3 atom stereocenters. The van der Waals surface area contributed by atoms with Gasteiger partial charge in [0.05, 0.1) is 18.6 Å². The first-order chi connectivity index (χ1) is 15.0. The van der Waals surface area contributed by atoms with Crippen molar-refractivity contribution in [3.05, 3.63) is 63.9 Å². The topological polar surface area (TPSA) is 81.7 Å². The summed E-state index contributed by atoms with van der Waals surface area (Å²) < 4.78 is 52.5. The minimum atomic E-state index is -4.50. The van der Waals surface area contributed by atoms with E-state index < -0.39 is 48.5 Å². The molecule has 0 bridgehead atoms. The molecule has 0 aromatic heterocycles. The number of aliphatic hydroxyl groups is 1. The van der Waals surface area contributed by atoms with Crippen LogP contribution in [0.3, 0.4) is 0 Å². The number of carbonyl (C=O) groups is 2. The predicted molar refractivity (Wildman–Crippen MR) is 108 cm³/mol. The minimum Gasteiger partial charge on any atom is -0.391 e. The van der Waals surface area contributed by atoms with Gasteiger partial charge in [0.2, 0.25) is 0 Å². The molecule has 2 heterocycles. The summed E-state index contributed by atoms with van der Waals surface area (Å²) in [4.78, 5) is 26.2. The average molecular weight is 472 g/mol. The first-order valence-electron chi connectivity index (χ1n) is 9.74. The summed E-state index contributed by atoms with van der Waals surface area (Å²) in [7, 11) is 0. The molecule has 0 aliphatic carbocycles. The predicted octanol–water partition coefficient (Wildman–Crippen LogP) is 4.23. The van der Waals surface area contributed by atoms with Crippen LogP contribution in [0.15, 0.2) is 36.4 Å². The average Bonchev–Trinajstić information content (AvgIpc) is 3.23. The molecule has 0 unspecified atom stereocenters. The highest BCUT2D eigenvalue weighted by atomic mass is 35.5. The lowest BCUT2D eigenvalue weighted by Crippen LogP contribution is -2.41. The van der Waals surface area contributed by atoms with E-state index in [0.29, 0.717) is 5.56 Å². The number of urea groups is 1. The fraction of sp³-hybridized carbons (Fsp3) is 0.333. The number of nitrogens with zero attached hydrogens (tertiary/aromatic N) is 1. The van der Waals surface area contributed by atoms with Crippen LogP contribution in [0.1, 0.15) is 40.4 Å². The SMILES string of the molecule is O=C1N[C@H](c2cc(F)ccc2Cl)c2c(NC(=O)N3C[C@H](O)C[C@@H]3CC(F)(F)F)cccc21. The number of fused-ring (bicyclic) bond motifs is 1. The van der Waals surface area contributed by atoms with Gasteiger partial charge in [0, 0.05) is 40.0 Å². The van der Waals surface area contributed by atoms with Crippen LogP contribution >= 0.6 is 11.6 Å². The van der Waals surface area contributed by atoms with E-state index in [4.69, 9.17) is 11.6 Å². The fourth-order valence-electron chi connectivity index (χ4n) is 4.22. The molecule has 2 aliphatic rings. The molecule has 170 valence electrons. The fourth-order valence-corrected chi connectivity index (χ4v) is 4.45. The van der Waals surface area contributed by atoms with E-state index in [1.807, 2.05) is 0 Å². The van der Waals surface area contributed by atoms with Crippen LogP contribution in [-0.2, 0) is 0 Å². The molecular weight excluding hydrogens is 454 g/mol. The Bertz CT molecular complexity index is 1080. The second kappa shape index (κ2) is 8.25. The largest absolute Gasteiger partial charge is 0.391 e. The first kappa shape index (κ1) is 22.3. The third-order valence-electron chi connectivity index (χ3n) is 5.55. The number of hydrogen-bond donors (Lipinski definition) is 3. The Kier molecular flexibility index (Phi) is 5.76. The number of alkyl halides is 3. The molecule has 11 heteroatoms. The maximum atomic E-state index is 13.8. The van der Waals surface area contributed by atoms with Crippen molar-refractivity contribution in [1.82, 2.24) is 10.2 Å². The first-order valence-corrected chi connectivity index (χ1v) is 10.1. The molecule has 0 spiro atoms. The summed E-state index contributed by atoms with van der Waals surface area (Å²) in [5.41, 5.74) is 0.988. The van der Waals surface area contributed by atoms with Crippen molar-refractivity contribution in [2.45, 2.75) is 37.2 Å². The molecule has 0 saturated carbocycles. The van der Waals surface area contributed by atoms with Gasteiger partial charge in [0.25, 0.3) is 5.91 Å². The summed E-state index contributed by atoms with van der Waals surface area (Å²) in [6, 6.07) is 5.26. The number of benzene rings is 2. The summed E-state index contributed by atoms with van der Waals surface area (Å²) >= 11 is 6.20. The highest BCUT2D eigenvalue weighted by molar-refractivity contribution is 6.31. The Labute approximate surface area is 185 Å². The number of likely N-dealkylation sites (tertiary alicyclic amines) is 1. The molecule has 1 fully saturated rings. The number of hydrogen-bond acceptors (Lipinski definition) is 3. The standard InChI is InChI=1S/C21H18ClF4N3O3/c22-15-5-4-10(23)6-14(15)18-17-13(19(31)28-18)2-1-3-16(17)27-20(32)29-9-12(30)7-11(29)8-21(24,25)26/h1-6,11-12,18,30H,7-9H2,(H,27,32)(H,28,31)/t11-,12-,18-/m1/s1. The molecule has 3 N–H and O–H groups in total. The van der Waals surface area contributed by atoms with Crippen molar-refractivity contribution in [2.24, 2.45) is 0 Å².